The predicted octanol–water partition coefficient (Wildman–Crippen LogP) is 2.72. The molecule has 2 aliphatic rings. The van der Waals surface area contributed by atoms with E-state index in [0.29, 0.717) is 53.6 Å². The second-order valence-corrected chi connectivity index (χ2v) is 7.86. The minimum absolute atomic E-state index is 0.0902. The van der Waals surface area contributed by atoms with Gasteiger partial charge in [-0.25, -0.2) is 0 Å². The van der Waals surface area contributed by atoms with Crippen molar-refractivity contribution in [3.8, 4) is 0 Å². The summed E-state index contributed by atoms with van der Waals surface area (Å²) in [5.41, 5.74) is 1.08. The zero-order chi connectivity index (χ0) is 20.7. The molecule has 0 radical (unpaired) electrons. The normalized spacial score (nSPS) is 19.4. The van der Waals surface area contributed by atoms with Crippen LogP contribution in [0.3, 0.4) is 0 Å². The first-order valence-electron chi connectivity index (χ1n) is 9.92. The van der Waals surface area contributed by atoms with Gasteiger partial charge in [0.15, 0.2) is 5.43 Å². The van der Waals surface area contributed by atoms with Crippen LogP contribution in [0.4, 0.5) is 0 Å². The van der Waals surface area contributed by atoms with Crippen molar-refractivity contribution in [2.24, 2.45) is 0 Å². The number of fused-ring (bicyclic) bond motifs is 2. The molecule has 30 heavy (non-hydrogen) atoms. The third kappa shape index (κ3) is 3.29. The largest absolute Gasteiger partial charge is 0.450 e. The molecule has 7 nitrogen and oxygen atoms in total. The fourth-order valence-corrected chi connectivity index (χ4v) is 4.31. The van der Waals surface area contributed by atoms with Gasteiger partial charge >= 0.3 is 0 Å². The average Bonchev–Trinajstić information content (AvgIpc) is 3.06. The van der Waals surface area contributed by atoms with Crippen molar-refractivity contribution in [2.75, 3.05) is 39.4 Å². The maximum atomic E-state index is 13.4. The van der Waals surface area contributed by atoms with Gasteiger partial charge in [0, 0.05) is 37.4 Å². The van der Waals surface area contributed by atoms with Crippen LogP contribution in [-0.2, 0) is 4.74 Å². The predicted molar refractivity (Wildman–Crippen MR) is 112 cm³/mol. The standard InChI is InChI=1S/C22H20ClN3O4/c23-14-4-5-17-15(13-14)20(27)18-19(16-3-1-2-6-24-16)26(22(28)21(18)30-17)8-7-25-9-11-29-12-10-25/h1-6,13,19H,7-12H2/t19-/m0/s1. The van der Waals surface area contributed by atoms with Gasteiger partial charge in [0.25, 0.3) is 5.91 Å². The third-order valence-corrected chi connectivity index (χ3v) is 5.89. The van der Waals surface area contributed by atoms with Crippen LogP contribution in [0.25, 0.3) is 11.0 Å². The lowest BCUT2D eigenvalue weighted by atomic mass is 10.0. The van der Waals surface area contributed by atoms with Crippen molar-refractivity contribution in [3.05, 3.63) is 74.9 Å². The smallest absolute Gasteiger partial charge is 0.291 e. The molecule has 0 aliphatic carbocycles. The first-order valence-corrected chi connectivity index (χ1v) is 10.3. The first kappa shape index (κ1) is 19.2. The summed E-state index contributed by atoms with van der Waals surface area (Å²) in [5.74, 6) is -0.199. The Morgan fingerprint density at radius 2 is 1.93 bits per heavy atom. The van der Waals surface area contributed by atoms with Crippen molar-refractivity contribution in [1.29, 1.82) is 0 Å². The summed E-state index contributed by atoms with van der Waals surface area (Å²) in [6.07, 6.45) is 1.66. The van der Waals surface area contributed by atoms with E-state index in [0.717, 1.165) is 13.1 Å². The van der Waals surface area contributed by atoms with Gasteiger partial charge in [0.1, 0.15) is 11.6 Å². The van der Waals surface area contributed by atoms with Gasteiger partial charge in [0.2, 0.25) is 5.76 Å². The molecule has 0 unspecified atom stereocenters. The van der Waals surface area contributed by atoms with E-state index < -0.39 is 6.04 Å². The minimum atomic E-state index is -0.589. The molecule has 3 aromatic rings. The van der Waals surface area contributed by atoms with Crippen LogP contribution in [0.2, 0.25) is 5.02 Å². The molecule has 8 heteroatoms. The number of amides is 1. The lowest BCUT2D eigenvalue weighted by Crippen LogP contribution is -2.42. The third-order valence-electron chi connectivity index (χ3n) is 5.66. The van der Waals surface area contributed by atoms with Crippen molar-refractivity contribution in [3.63, 3.8) is 0 Å². The zero-order valence-electron chi connectivity index (χ0n) is 16.2. The van der Waals surface area contributed by atoms with E-state index in [1.807, 2.05) is 18.2 Å². The van der Waals surface area contributed by atoms with Crippen molar-refractivity contribution in [1.82, 2.24) is 14.8 Å². The molecule has 0 saturated carbocycles. The van der Waals surface area contributed by atoms with Gasteiger partial charge in [-0.1, -0.05) is 17.7 Å². The highest BCUT2D eigenvalue weighted by Gasteiger charge is 2.43. The maximum Gasteiger partial charge on any atom is 0.291 e. The van der Waals surface area contributed by atoms with Crippen LogP contribution in [0.1, 0.15) is 27.9 Å². The summed E-state index contributed by atoms with van der Waals surface area (Å²) in [7, 11) is 0. The van der Waals surface area contributed by atoms with Gasteiger partial charge in [-0.3, -0.25) is 19.5 Å². The fraction of sp³-hybridized carbons (Fsp3) is 0.318. The number of nitrogens with zero attached hydrogens (tertiary/aromatic N) is 3. The summed E-state index contributed by atoms with van der Waals surface area (Å²) < 4.78 is 11.3. The first-order chi connectivity index (χ1) is 14.6. The molecule has 4 heterocycles. The number of ether oxygens (including phenoxy) is 1. The molecule has 0 bridgehead atoms. The highest BCUT2D eigenvalue weighted by atomic mass is 35.5. The molecule has 2 aliphatic heterocycles. The van der Waals surface area contributed by atoms with Crippen molar-refractivity contribution < 1.29 is 13.9 Å². The Labute approximate surface area is 177 Å². The van der Waals surface area contributed by atoms with Crippen LogP contribution < -0.4 is 5.43 Å². The summed E-state index contributed by atoms with van der Waals surface area (Å²) in [6, 6.07) is 9.75. The summed E-state index contributed by atoms with van der Waals surface area (Å²) >= 11 is 6.10. The molecule has 5 rings (SSSR count). The molecular formula is C22H20ClN3O4. The van der Waals surface area contributed by atoms with Crippen LogP contribution in [-0.4, -0.2) is 60.1 Å². The number of hydrogen-bond donors (Lipinski definition) is 0. The van der Waals surface area contributed by atoms with Crippen LogP contribution >= 0.6 is 11.6 Å². The molecule has 154 valence electrons. The van der Waals surface area contributed by atoms with E-state index in [-0.39, 0.29) is 17.1 Å². The Hall–Kier alpha value is -2.74. The van der Waals surface area contributed by atoms with Crippen molar-refractivity contribution >= 4 is 28.5 Å². The fourth-order valence-electron chi connectivity index (χ4n) is 4.14. The molecule has 1 atom stereocenters. The van der Waals surface area contributed by atoms with Gasteiger partial charge in [-0.2, -0.15) is 0 Å². The summed E-state index contributed by atoms with van der Waals surface area (Å²) in [4.78, 5) is 35.1. The number of carbonyl (C=O) groups is 1. The molecule has 0 N–H and O–H groups in total. The molecule has 1 saturated heterocycles. The van der Waals surface area contributed by atoms with E-state index in [9.17, 15) is 9.59 Å². The second-order valence-electron chi connectivity index (χ2n) is 7.42. The average molecular weight is 426 g/mol. The summed E-state index contributed by atoms with van der Waals surface area (Å²) in [6.45, 7) is 4.16. The Balaban J connectivity index is 1.60. The van der Waals surface area contributed by atoms with Gasteiger partial charge in [0.05, 0.1) is 29.9 Å². The van der Waals surface area contributed by atoms with Gasteiger partial charge < -0.3 is 14.1 Å². The van der Waals surface area contributed by atoms with Gasteiger partial charge in [-0.15, -0.1) is 0 Å². The van der Waals surface area contributed by atoms with E-state index in [4.69, 9.17) is 20.8 Å². The van der Waals surface area contributed by atoms with Crippen LogP contribution in [0, 0.1) is 0 Å². The van der Waals surface area contributed by atoms with E-state index in [2.05, 4.69) is 9.88 Å². The number of carbonyl (C=O) groups excluding carboxylic acids is 1. The van der Waals surface area contributed by atoms with E-state index in [1.165, 1.54) is 0 Å². The molecule has 0 spiro atoms. The molecular weight excluding hydrogens is 406 g/mol. The number of halogens is 1. The zero-order valence-corrected chi connectivity index (χ0v) is 17.0. The number of hydrogen-bond acceptors (Lipinski definition) is 6. The monoisotopic (exact) mass is 425 g/mol. The minimum Gasteiger partial charge on any atom is -0.450 e. The molecule has 1 fully saturated rings. The lowest BCUT2D eigenvalue weighted by Gasteiger charge is -2.30. The number of pyridine rings is 1. The number of morpholine rings is 1. The topological polar surface area (TPSA) is 75.9 Å². The SMILES string of the molecule is O=C1c2oc3ccc(Cl)cc3c(=O)c2[C@H](c2ccccn2)N1CCN1CCOCC1. The quantitative estimate of drug-likeness (QED) is 0.639. The van der Waals surface area contributed by atoms with Crippen LogP contribution in [0.15, 0.2) is 51.8 Å². The second kappa shape index (κ2) is 7.83. The Morgan fingerprint density at radius 1 is 1.10 bits per heavy atom. The maximum absolute atomic E-state index is 13.4. The van der Waals surface area contributed by atoms with Gasteiger partial charge in [-0.05, 0) is 30.3 Å². The Bertz CT molecular complexity index is 1160. The molecule has 1 aromatic carbocycles. The summed E-state index contributed by atoms with van der Waals surface area (Å²) in [5, 5.41) is 0.808. The highest BCUT2D eigenvalue weighted by molar-refractivity contribution is 6.31. The number of rotatable bonds is 4. The van der Waals surface area contributed by atoms with E-state index in [1.54, 1.807) is 29.3 Å². The highest BCUT2D eigenvalue weighted by Crippen LogP contribution is 2.37. The van der Waals surface area contributed by atoms with Crippen LogP contribution in [0.5, 0.6) is 0 Å². The van der Waals surface area contributed by atoms with E-state index >= 15 is 0 Å². The van der Waals surface area contributed by atoms with Crippen molar-refractivity contribution in [2.45, 2.75) is 6.04 Å². The Kier molecular flexibility index (Phi) is 5.02. The Morgan fingerprint density at radius 3 is 2.70 bits per heavy atom. The number of benzene rings is 1. The lowest BCUT2D eigenvalue weighted by molar-refractivity contribution is 0.0314. The molecule has 1 amide bonds. The molecule has 2 aromatic heterocycles. The number of aromatic nitrogens is 1.